The first-order valence-electron chi connectivity index (χ1n) is 3.93. The number of hydrogen-bond acceptors (Lipinski definition) is 4. The maximum absolute atomic E-state index is 5.25. The van der Waals surface area contributed by atoms with Gasteiger partial charge in [-0.15, -0.1) is 0 Å². The SMILES string of the molecule is COCCOCC(COC)OC. The molecule has 12 heavy (non-hydrogen) atoms. The molecule has 0 spiro atoms. The van der Waals surface area contributed by atoms with E-state index in [1.165, 1.54) is 0 Å². The topological polar surface area (TPSA) is 36.9 Å². The summed E-state index contributed by atoms with van der Waals surface area (Å²) < 4.78 is 20.1. The number of methoxy groups -OCH3 is 3. The molecule has 0 aliphatic rings. The molecule has 0 rings (SSSR count). The maximum Gasteiger partial charge on any atom is 0.104 e. The number of rotatable bonds is 8. The van der Waals surface area contributed by atoms with Gasteiger partial charge in [0.25, 0.3) is 0 Å². The molecule has 0 amide bonds. The monoisotopic (exact) mass is 178 g/mol. The number of ether oxygens (including phenoxy) is 4. The van der Waals surface area contributed by atoms with E-state index >= 15 is 0 Å². The Hall–Kier alpha value is -0.160. The van der Waals surface area contributed by atoms with Gasteiger partial charge in [0.1, 0.15) is 6.10 Å². The molecular weight excluding hydrogens is 160 g/mol. The van der Waals surface area contributed by atoms with Crippen molar-refractivity contribution < 1.29 is 18.9 Å². The van der Waals surface area contributed by atoms with E-state index in [-0.39, 0.29) is 6.10 Å². The van der Waals surface area contributed by atoms with Crippen molar-refractivity contribution in [2.45, 2.75) is 6.10 Å². The summed E-state index contributed by atoms with van der Waals surface area (Å²) in [4.78, 5) is 0. The summed E-state index contributed by atoms with van der Waals surface area (Å²) >= 11 is 0. The van der Waals surface area contributed by atoms with Gasteiger partial charge >= 0.3 is 0 Å². The van der Waals surface area contributed by atoms with Crippen molar-refractivity contribution in [1.29, 1.82) is 0 Å². The molecule has 0 radical (unpaired) electrons. The van der Waals surface area contributed by atoms with Crippen LogP contribution in [0.25, 0.3) is 0 Å². The van der Waals surface area contributed by atoms with Crippen molar-refractivity contribution in [3.63, 3.8) is 0 Å². The van der Waals surface area contributed by atoms with E-state index in [1.807, 2.05) is 0 Å². The van der Waals surface area contributed by atoms with Crippen molar-refractivity contribution in [3.8, 4) is 0 Å². The van der Waals surface area contributed by atoms with E-state index in [0.717, 1.165) is 0 Å². The van der Waals surface area contributed by atoms with E-state index in [4.69, 9.17) is 18.9 Å². The minimum absolute atomic E-state index is 0.0202. The smallest absolute Gasteiger partial charge is 0.104 e. The molecule has 0 aliphatic carbocycles. The minimum atomic E-state index is 0.0202. The Morgan fingerprint density at radius 1 is 0.917 bits per heavy atom. The normalized spacial score (nSPS) is 13.2. The van der Waals surface area contributed by atoms with Crippen LogP contribution in [0.4, 0.5) is 0 Å². The molecular formula is C8H18O4. The summed E-state index contributed by atoms with van der Waals surface area (Å²) in [6.45, 7) is 2.32. The van der Waals surface area contributed by atoms with Gasteiger partial charge in [-0.25, -0.2) is 0 Å². The van der Waals surface area contributed by atoms with Crippen LogP contribution in [0.3, 0.4) is 0 Å². The zero-order chi connectivity index (χ0) is 9.23. The van der Waals surface area contributed by atoms with Crippen molar-refractivity contribution in [3.05, 3.63) is 0 Å². The highest BCUT2D eigenvalue weighted by Crippen LogP contribution is 1.91. The second-order valence-electron chi connectivity index (χ2n) is 2.38. The zero-order valence-corrected chi connectivity index (χ0v) is 8.04. The predicted molar refractivity (Wildman–Crippen MR) is 45.4 cm³/mol. The third-order valence-electron chi connectivity index (χ3n) is 1.42. The molecule has 0 saturated carbocycles. The van der Waals surface area contributed by atoms with Crippen LogP contribution in [-0.4, -0.2) is 53.9 Å². The van der Waals surface area contributed by atoms with Crippen LogP contribution < -0.4 is 0 Å². The Labute approximate surface area is 73.7 Å². The van der Waals surface area contributed by atoms with Crippen LogP contribution >= 0.6 is 0 Å². The summed E-state index contributed by atoms with van der Waals surface area (Å²) in [5.41, 5.74) is 0. The molecule has 1 unspecified atom stereocenters. The quantitative estimate of drug-likeness (QED) is 0.501. The Balaban J connectivity index is 3.19. The van der Waals surface area contributed by atoms with Gasteiger partial charge in [0.15, 0.2) is 0 Å². The van der Waals surface area contributed by atoms with Crippen LogP contribution in [0.1, 0.15) is 0 Å². The summed E-state index contributed by atoms with van der Waals surface area (Å²) in [5.74, 6) is 0. The Morgan fingerprint density at radius 2 is 1.67 bits per heavy atom. The summed E-state index contributed by atoms with van der Waals surface area (Å²) in [5, 5.41) is 0. The molecule has 74 valence electrons. The van der Waals surface area contributed by atoms with Gasteiger partial charge in [-0.3, -0.25) is 0 Å². The van der Waals surface area contributed by atoms with Gasteiger partial charge in [0, 0.05) is 21.3 Å². The highest BCUT2D eigenvalue weighted by molar-refractivity contribution is 4.52. The third-order valence-corrected chi connectivity index (χ3v) is 1.42. The van der Waals surface area contributed by atoms with Crippen LogP contribution in [0.2, 0.25) is 0 Å². The second-order valence-corrected chi connectivity index (χ2v) is 2.38. The Bertz CT molecular complexity index is 87.1. The molecule has 0 aliphatic heterocycles. The van der Waals surface area contributed by atoms with Crippen LogP contribution in [0, 0.1) is 0 Å². The molecule has 4 heteroatoms. The first-order chi connectivity index (χ1) is 5.85. The molecule has 0 fully saturated rings. The first-order valence-corrected chi connectivity index (χ1v) is 3.93. The highest BCUT2D eigenvalue weighted by Gasteiger charge is 2.05. The van der Waals surface area contributed by atoms with E-state index in [0.29, 0.717) is 26.4 Å². The van der Waals surface area contributed by atoms with Crippen LogP contribution in [0.15, 0.2) is 0 Å². The van der Waals surface area contributed by atoms with E-state index in [9.17, 15) is 0 Å². The molecule has 1 atom stereocenters. The highest BCUT2D eigenvalue weighted by atomic mass is 16.6. The molecule has 0 heterocycles. The molecule has 4 nitrogen and oxygen atoms in total. The lowest BCUT2D eigenvalue weighted by molar-refractivity contribution is -0.0386. The van der Waals surface area contributed by atoms with Gasteiger partial charge in [0.2, 0.25) is 0 Å². The summed E-state index contributed by atoms with van der Waals surface area (Å²) in [7, 11) is 4.93. The zero-order valence-electron chi connectivity index (χ0n) is 8.04. The molecule has 0 aromatic heterocycles. The largest absolute Gasteiger partial charge is 0.382 e. The van der Waals surface area contributed by atoms with Crippen LogP contribution in [-0.2, 0) is 18.9 Å². The van der Waals surface area contributed by atoms with Crippen molar-refractivity contribution in [2.75, 3.05) is 47.8 Å². The summed E-state index contributed by atoms with van der Waals surface area (Å²) in [6.07, 6.45) is 0.0202. The Kier molecular flexibility index (Phi) is 8.81. The number of hydrogen-bond donors (Lipinski definition) is 0. The second kappa shape index (κ2) is 8.93. The molecule has 0 aromatic rings. The third kappa shape index (κ3) is 6.54. The molecule has 0 saturated heterocycles. The van der Waals surface area contributed by atoms with Gasteiger partial charge in [-0.05, 0) is 0 Å². The lowest BCUT2D eigenvalue weighted by Crippen LogP contribution is -2.24. The lowest BCUT2D eigenvalue weighted by atomic mass is 10.4. The van der Waals surface area contributed by atoms with Crippen molar-refractivity contribution in [1.82, 2.24) is 0 Å². The fraction of sp³-hybridized carbons (Fsp3) is 1.00. The maximum atomic E-state index is 5.25. The summed E-state index contributed by atoms with van der Waals surface area (Å²) in [6, 6.07) is 0. The molecule has 0 N–H and O–H groups in total. The van der Waals surface area contributed by atoms with Crippen LogP contribution in [0.5, 0.6) is 0 Å². The fourth-order valence-electron chi connectivity index (χ4n) is 0.727. The van der Waals surface area contributed by atoms with E-state index in [1.54, 1.807) is 21.3 Å². The predicted octanol–water partition coefficient (Wildman–Crippen LogP) is 0.311. The average molecular weight is 178 g/mol. The van der Waals surface area contributed by atoms with Gasteiger partial charge in [-0.2, -0.15) is 0 Å². The van der Waals surface area contributed by atoms with Gasteiger partial charge < -0.3 is 18.9 Å². The Morgan fingerprint density at radius 3 is 2.17 bits per heavy atom. The molecule has 0 aromatic carbocycles. The van der Waals surface area contributed by atoms with Crippen molar-refractivity contribution in [2.24, 2.45) is 0 Å². The fourth-order valence-corrected chi connectivity index (χ4v) is 0.727. The standard InChI is InChI=1S/C8H18O4/c1-9-4-5-12-7-8(11-3)6-10-2/h8H,4-7H2,1-3H3. The van der Waals surface area contributed by atoms with Crippen molar-refractivity contribution >= 4 is 0 Å². The van der Waals surface area contributed by atoms with E-state index < -0.39 is 0 Å². The van der Waals surface area contributed by atoms with Gasteiger partial charge in [0.05, 0.1) is 26.4 Å². The van der Waals surface area contributed by atoms with E-state index in [2.05, 4.69) is 0 Å². The lowest BCUT2D eigenvalue weighted by Gasteiger charge is -2.13. The molecule has 0 bridgehead atoms. The minimum Gasteiger partial charge on any atom is -0.382 e. The average Bonchev–Trinajstić information content (AvgIpc) is 2.10. The van der Waals surface area contributed by atoms with Gasteiger partial charge in [-0.1, -0.05) is 0 Å². The first kappa shape index (κ1) is 11.8.